The first-order chi connectivity index (χ1) is 17.3. The molecule has 3 aromatic rings. The number of fused-ring (bicyclic) bond motifs is 1. The minimum absolute atomic E-state index is 0.00251. The molecule has 1 atom stereocenters. The third-order valence-corrected chi connectivity index (χ3v) is 5.83. The van der Waals surface area contributed by atoms with Crippen LogP contribution < -0.4 is 20.9 Å². The van der Waals surface area contributed by atoms with Crippen molar-refractivity contribution in [1.29, 1.82) is 0 Å². The number of aliphatic hydroxyl groups is 1. The number of methoxy groups -OCH3 is 1. The number of hydrogen-bond donors (Lipinski definition) is 3. The van der Waals surface area contributed by atoms with Gasteiger partial charge in [-0.15, -0.1) is 0 Å². The fourth-order valence-electron chi connectivity index (χ4n) is 3.59. The van der Waals surface area contributed by atoms with Crippen molar-refractivity contribution in [2.75, 3.05) is 45.3 Å². The summed E-state index contributed by atoms with van der Waals surface area (Å²) >= 11 is 0. The van der Waals surface area contributed by atoms with E-state index in [1.807, 2.05) is 26.0 Å². The molecule has 3 rings (SSSR count). The number of aliphatic hydroxyl groups excluding tert-OH is 1. The summed E-state index contributed by atoms with van der Waals surface area (Å²) < 4.78 is 12.5. The summed E-state index contributed by atoms with van der Waals surface area (Å²) in [6.07, 6.45) is 4.35. The highest BCUT2D eigenvalue weighted by atomic mass is 16.5. The van der Waals surface area contributed by atoms with Crippen LogP contribution >= 0.6 is 0 Å². The zero-order valence-electron chi connectivity index (χ0n) is 21.9. The molecule has 0 saturated carbocycles. The normalized spacial score (nSPS) is 12.6. The summed E-state index contributed by atoms with van der Waals surface area (Å²) in [5.41, 5.74) is 2.40. The van der Waals surface area contributed by atoms with E-state index >= 15 is 0 Å². The summed E-state index contributed by atoms with van der Waals surface area (Å²) in [4.78, 5) is 26.9. The van der Waals surface area contributed by atoms with E-state index in [1.165, 1.54) is 0 Å². The van der Waals surface area contributed by atoms with E-state index in [1.54, 1.807) is 30.1 Å². The van der Waals surface area contributed by atoms with Gasteiger partial charge in [-0.3, -0.25) is 9.36 Å². The number of nitrogens with zero attached hydrogens (tertiary/aromatic N) is 4. The molecule has 0 radical (unpaired) electrons. The van der Waals surface area contributed by atoms with Gasteiger partial charge in [0.25, 0.3) is 5.56 Å². The average Bonchev–Trinajstić information content (AvgIpc) is 2.89. The molecular weight excluding hydrogens is 460 g/mol. The number of aromatic nitrogens is 4. The van der Waals surface area contributed by atoms with Gasteiger partial charge >= 0.3 is 0 Å². The van der Waals surface area contributed by atoms with Crippen molar-refractivity contribution in [3.05, 3.63) is 40.9 Å². The van der Waals surface area contributed by atoms with Crippen molar-refractivity contribution < 1.29 is 14.6 Å². The third kappa shape index (κ3) is 7.22. The highest BCUT2D eigenvalue weighted by Gasteiger charge is 2.21. The summed E-state index contributed by atoms with van der Waals surface area (Å²) in [5.74, 6) is 0.784. The predicted molar refractivity (Wildman–Crippen MR) is 142 cm³/mol. The number of nitrogens with one attached hydrogen (secondary N) is 2. The van der Waals surface area contributed by atoms with Crippen LogP contribution in [0.1, 0.15) is 34.1 Å². The largest absolute Gasteiger partial charge is 0.481 e. The van der Waals surface area contributed by atoms with E-state index in [0.717, 1.165) is 17.5 Å². The number of pyridine rings is 2. The van der Waals surface area contributed by atoms with Gasteiger partial charge in [0.05, 0.1) is 25.8 Å². The molecule has 10 heteroatoms. The van der Waals surface area contributed by atoms with Crippen molar-refractivity contribution in [2.24, 2.45) is 5.41 Å². The molecule has 0 aliphatic heterocycles. The van der Waals surface area contributed by atoms with Crippen LogP contribution in [0.2, 0.25) is 0 Å². The van der Waals surface area contributed by atoms with Gasteiger partial charge < -0.3 is 25.2 Å². The molecule has 36 heavy (non-hydrogen) atoms. The molecule has 196 valence electrons. The number of rotatable bonds is 14. The van der Waals surface area contributed by atoms with Gasteiger partial charge in [-0.1, -0.05) is 20.8 Å². The van der Waals surface area contributed by atoms with Gasteiger partial charge in [0, 0.05) is 61.9 Å². The Morgan fingerprint density at radius 3 is 2.58 bits per heavy atom. The number of ether oxygens (including phenoxy) is 2. The fourth-order valence-corrected chi connectivity index (χ4v) is 3.59. The monoisotopic (exact) mass is 498 g/mol. The first kappa shape index (κ1) is 27.5. The zero-order valence-corrected chi connectivity index (χ0v) is 21.9. The van der Waals surface area contributed by atoms with Crippen LogP contribution in [0.25, 0.3) is 22.3 Å². The molecule has 0 amide bonds. The molecule has 10 nitrogen and oxygen atoms in total. The summed E-state index contributed by atoms with van der Waals surface area (Å²) in [6.45, 7) is 10.8. The summed E-state index contributed by atoms with van der Waals surface area (Å²) in [5, 5.41) is 15.8. The Morgan fingerprint density at radius 1 is 1.14 bits per heavy atom. The molecule has 3 heterocycles. The van der Waals surface area contributed by atoms with Gasteiger partial charge in [-0.05, 0) is 30.9 Å². The van der Waals surface area contributed by atoms with Crippen LogP contribution in [0.15, 0.2) is 35.4 Å². The smallest absolute Gasteiger partial charge is 0.293 e. The molecule has 3 N–H and O–H groups in total. The lowest BCUT2D eigenvalue weighted by atomic mass is 9.93. The Morgan fingerprint density at radius 2 is 1.92 bits per heavy atom. The van der Waals surface area contributed by atoms with Gasteiger partial charge in [-0.25, -0.2) is 15.0 Å². The van der Waals surface area contributed by atoms with Crippen molar-refractivity contribution in [3.8, 4) is 17.0 Å². The second-order valence-corrected chi connectivity index (χ2v) is 9.67. The van der Waals surface area contributed by atoms with Crippen LogP contribution in [-0.4, -0.2) is 70.7 Å². The second-order valence-electron chi connectivity index (χ2n) is 9.67. The maximum absolute atomic E-state index is 13.5. The van der Waals surface area contributed by atoms with Crippen LogP contribution in [0, 0.1) is 5.41 Å². The van der Waals surface area contributed by atoms with E-state index in [-0.39, 0.29) is 29.4 Å². The molecule has 0 aliphatic rings. The second kappa shape index (κ2) is 12.8. The molecule has 0 aromatic carbocycles. The highest BCUT2D eigenvalue weighted by Crippen LogP contribution is 2.23. The third-order valence-electron chi connectivity index (χ3n) is 5.83. The minimum atomic E-state index is -0.220. The molecule has 0 saturated heterocycles. The zero-order chi connectivity index (χ0) is 26.1. The molecule has 0 unspecified atom stereocenters. The minimum Gasteiger partial charge on any atom is -0.481 e. The molecule has 0 aliphatic carbocycles. The summed E-state index contributed by atoms with van der Waals surface area (Å²) in [7, 11) is 1.57. The highest BCUT2D eigenvalue weighted by molar-refractivity contribution is 5.78. The first-order valence-corrected chi connectivity index (χ1v) is 12.3. The van der Waals surface area contributed by atoms with Crippen molar-refractivity contribution >= 4 is 17.0 Å². The molecular formula is C26H38N6O4. The average molecular weight is 499 g/mol. The van der Waals surface area contributed by atoms with Gasteiger partial charge in [-0.2, -0.15) is 0 Å². The fraction of sp³-hybridized carbons (Fsp3) is 0.538. The molecule has 0 spiro atoms. The quantitative estimate of drug-likeness (QED) is 0.288. The van der Waals surface area contributed by atoms with Crippen molar-refractivity contribution in [3.63, 3.8) is 0 Å². The summed E-state index contributed by atoms with van der Waals surface area (Å²) in [6, 6.07) is 5.60. The standard InChI is InChI=1S/C26H38N6O4/c1-6-10-36-11-9-32-21-12-20(19-7-8-22(35-5)27-13-19)14-28-23(21)31-24(25(32)34)30-17-26(3,4)16-29-18(2)15-33/h7-8,12-14,18,29,33H,6,9-11,15-17H2,1-5H3,(H,28,30,31)/t18-/m0/s1. The lowest BCUT2D eigenvalue weighted by molar-refractivity contribution is 0.127. The van der Waals surface area contributed by atoms with E-state index in [0.29, 0.717) is 49.9 Å². The number of hydrogen-bond acceptors (Lipinski definition) is 9. The van der Waals surface area contributed by atoms with Crippen LogP contribution in [0.4, 0.5) is 5.82 Å². The Labute approximate surface area is 212 Å². The van der Waals surface area contributed by atoms with E-state index < -0.39 is 0 Å². The van der Waals surface area contributed by atoms with E-state index in [2.05, 4.69) is 39.4 Å². The van der Waals surface area contributed by atoms with Crippen molar-refractivity contribution in [1.82, 2.24) is 24.8 Å². The Balaban J connectivity index is 1.92. The molecule has 0 fully saturated rings. The van der Waals surface area contributed by atoms with Crippen LogP contribution in [0.3, 0.4) is 0 Å². The van der Waals surface area contributed by atoms with Gasteiger partial charge in [0.15, 0.2) is 11.5 Å². The number of anilines is 1. The topological polar surface area (TPSA) is 123 Å². The van der Waals surface area contributed by atoms with Crippen molar-refractivity contribution in [2.45, 2.75) is 46.7 Å². The Hall–Kier alpha value is -3.08. The Bertz CT molecular complexity index is 1180. The SMILES string of the molecule is CCCOCCn1c(=O)c(NCC(C)(C)CN[C@@H](C)CO)nc2ncc(-c3ccc(OC)nc3)cc21. The van der Waals surface area contributed by atoms with Crippen LogP contribution in [-0.2, 0) is 11.3 Å². The van der Waals surface area contributed by atoms with Gasteiger partial charge in [0.1, 0.15) is 0 Å². The molecule has 0 bridgehead atoms. The molecule has 3 aromatic heterocycles. The van der Waals surface area contributed by atoms with Gasteiger partial charge in [0.2, 0.25) is 5.88 Å². The van der Waals surface area contributed by atoms with Crippen LogP contribution in [0.5, 0.6) is 5.88 Å². The lowest BCUT2D eigenvalue weighted by Crippen LogP contribution is -2.41. The predicted octanol–water partition coefficient (Wildman–Crippen LogP) is 2.70. The maximum Gasteiger partial charge on any atom is 0.293 e. The maximum atomic E-state index is 13.5. The first-order valence-electron chi connectivity index (χ1n) is 12.3. The van der Waals surface area contributed by atoms with E-state index in [4.69, 9.17) is 9.47 Å². The lowest BCUT2D eigenvalue weighted by Gasteiger charge is -2.27. The van der Waals surface area contributed by atoms with E-state index in [9.17, 15) is 9.90 Å². The Kier molecular flexibility index (Phi) is 9.74.